The van der Waals surface area contributed by atoms with E-state index in [0.717, 1.165) is 30.8 Å². The molecule has 0 N–H and O–H groups in total. The van der Waals surface area contributed by atoms with Crippen LogP contribution in [0.5, 0.6) is 5.88 Å². The van der Waals surface area contributed by atoms with Crippen molar-refractivity contribution in [3.8, 4) is 11.8 Å². The number of nitrogens with zero attached hydrogens (tertiary/aromatic N) is 7. The van der Waals surface area contributed by atoms with Crippen LogP contribution < -0.4 is 9.64 Å². The SMILES string of the molecule is CCOC(=O)c1cnn(-c2nc(OC)c3c(cnn3C[C@H]3CCN(c4ccc(C(F)(F)F)cc4)C3)n2)c1.S. The Balaban J connectivity index is 0.00000336. The van der Waals surface area contributed by atoms with Crippen LogP contribution in [0, 0.1) is 5.92 Å². The number of fused-ring (bicyclic) bond motifs is 1. The molecule has 10 nitrogen and oxygen atoms in total. The maximum absolute atomic E-state index is 12.9. The first-order valence-electron chi connectivity index (χ1n) is 11.7. The highest BCUT2D eigenvalue weighted by molar-refractivity contribution is 7.59. The number of hydrogen-bond acceptors (Lipinski definition) is 8. The molecule has 0 radical (unpaired) electrons. The van der Waals surface area contributed by atoms with Crippen molar-refractivity contribution in [1.29, 1.82) is 0 Å². The molecule has 0 aliphatic carbocycles. The Morgan fingerprint density at radius 3 is 2.58 bits per heavy atom. The fraction of sp³-hybridized carbons (Fsp3) is 0.375. The molecule has 4 heterocycles. The van der Waals surface area contributed by atoms with Crippen LogP contribution in [0.15, 0.2) is 42.9 Å². The van der Waals surface area contributed by atoms with E-state index in [0.29, 0.717) is 30.0 Å². The summed E-state index contributed by atoms with van der Waals surface area (Å²) >= 11 is 0. The number of halogens is 3. The molecule has 0 spiro atoms. The van der Waals surface area contributed by atoms with Crippen molar-refractivity contribution in [2.45, 2.75) is 26.1 Å². The third-order valence-corrected chi connectivity index (χ3v) is 6.21. The molecule has 4 aromatic rings. The minimum Gasteiger partial charge on any atom is -0.479 e. The molecule has 1 fully saturated rings. The van der Waals surface area contributed by atoms with Crippen molar-refractivity contribution in [1.82, 2.24) is 29.5 Å². The lowest BCUT2D eigenvalue weighted by atomic mass is 10.1. The van der Waals surface area contributed by atoms with E-state index in [4.69, 9.17) is 9.47 Å². The van der Waals surface area contributed by atoms with E-state index in [1.165, 1.54) is 36.3 Å². The van der Waals surface area contributed by atoms with E-state index in [2.05, 4.69) is 25.1 Å². The molecule has 14 heteroatoms. The summed E-state index contributed by atoms with van der Waals surface area (Å²) in [5, 5.41) is 8.64. The van der Waals surface area contributed by atoms with Gasteiger partial charge < -0.3 is 14.4 Å². The number of anilines is 1. The molecule has 1 aromatic carbocycles. The van der Waals surface area contributed by atoms with Gasteiger partial charge in [-0.25, -0.2) is 14.5 Å². The van der Waals surface area contributed by atoms with Crippen LogP contribution >= 0.6 is 13.5 Å². The van der Waals surface area contributed by atoms with Crippen LogP contribution in [0.3, 0.4) is 0 Å². The summed E-state index contributed by atoms with van der Waals surface area (Å²) in [4.78, 5) is 23.0. The fourth-order valence-electron chi connectivity index (χ4n) is 4.41. The van der Waals surface area contributed by atoms with Crippen molar-refractivity contribution < 1.29 is 27.4 Å². The zero-order chi connectivity index (χ0) is 26.2. The predicted octanol–water partition coefficient (Wildman–Crippen LogP) is 3.86. The predicted molar refractivity (Wildman–Crippen MR) is 137 cm³/mol. The number of esters is 1. The van der Waals surface area contributed by atoms with Gasteiger partial charge in [0, 0.05) is 31.5 Å². The van der Waals surface area contributed by atoms with Crippen molar-refractivity contribution in [2.75, 3.05) is 31.7 Å². The maximum Gasteiger partial charge on any atom is 0.416 e. The van der Waals surface area contributed by atoms with Crippen molar-refractivity contribution in [2.24, 2.45) is 5.92 Å². The van der Waals surface area contributed by atoms with Crippen LogP contribution in [0.25, 0.3) is 17.0 Å². The zero-order valence-electron chi connectivity index (χ0n) is 20.6. The minimum absolute atomic E-state index is 0. The third kappa shape index (κ3) is 5.39. The molecule has 0 bridgehead atoms. The van der Waals surface area contributed by atoms with Gasteiger partial charge >= 0.3 is 12.1 Å². The van der Waals surface area contributed by atoms with Gasteiger partial charge in [0.25, 0.3) is 5.95 Å². The van der Waals surface area contributed by atoms with Gasteiger partial charge in [0.2, 0.25) is 5.88 Å². The van der Waals surface area contributed by atoms with Gasteiger partial charge in [-0.15, -0.1) is 0 Å². The van der Waals surface area contributed by atoms with Gasteiger partial charge in [-0.05, 0) is 43.5 Å². The number of rotatable bonds is 7. The first kappa shape index (κ1) is 27.2. The van der Waals surface area contributed by atoms with Gasteiger partial charge in [-0.3, -0.25) is 4.68 Å². The van der Waals surface area contributed by atoms with Crippen LogP contribution in [0.4, 0.5) is 18.9 Å². The molecule has 3 aromatic heterocycles. The smallest absolute Gasteiger partial charge is 0.416 e. The van der Waals surface area contributed by atoms with Crippen LogP contribution in [-0.4, -0.2) is 62.3 Å². The number of benzene rings is 1. The molecule has 1 aliphatic rings. The van der Waals surface area contributed by atoms with Crippen LogP contribution in [0.2, 0.25) is 0 Å². The summed E-state index contributed by atoms with van der Waals surface area (Å²) in [7, 11) is 1.50. The maximum atomic E-state index is 12.9. The number of carbonyl (C=O) groups excluding carboxylic acids is 1. The van der Waals surface area contributed by atoms with Gasteiger partial charge in [0.05, 0.1) is 37.2 Å². The summed E-state index contributed by atoms with van der Waals surface area (Å²) < 4.78 is 52.3. The van der Waals surface area contributed by atoms with Crippen LogP contribution in [-0.2, 0) is 17.5 Å². The Morgan fingerprint density at radius 2 is 1.89 bits per heavy atom. The molecule has 0 amide bonds. The molecule has 202 valence electrons. The molecule has 1 atom stereocenters. The number of aromatic nitrogens is 6. The fourth-order valence-corrected chi connectivity index (χ4v) is 4.41. The highest BCUT2D eigenvalue weighted by atomic mass is 32.1. The second-order valence-corrected chi connectivity index (χ2v) is 8.63. The third-order valence-electron chi connectivity index (χ3n) is 6.21. The highest BCUT2D eigenvalue weighted by Gasteiger charge is 2.31. The second kappa shape index (κ2) is 10.9. The number of ether oxygens (including phenoxy) is 2. The Hall–Kier alpha value is -3.81. The number of alkyl halides is 3. The highest BCUT2D eigenvalue weighted by Crippen LogP contribution is 2.32. The standard InChI is InChI=1S/C24H24F3N7O3.H2S/c1-3-37-22(35)16-10-28-34(14-16)23-30-19-11-29-33(20(19)21(31-23)36-2)13-15-8-9-32(12-15)18-6-4-17(5-7-18)24(25,26)27;/h4-7,10-11,14-15H,3,8-9,12-13H2,1-2H3;1H2/t15-;/m0./s1. The Labute approximate surface area is 222 Å². The van der Waals surface area contributed by atoms with E-state index in [9.17, 15) is 18.0 Å². The van der Waals surface area contributed by atoms with E-state index in [-0.39, 0.29) is 37.5 Å². The first-order chi connectivity index (χ1) is 17.8. The zero-order valence-corrected chi connectivity index (χ0v) is 21.6. The summed E-state index contributed by atoms with van der Waals surface area (Å²) in [6, 6.07) is 5.24. The monoisotopic (exact) mass is 549 g/mol. The summed E-state index contributed by atoms with van der Waals surface area (Å²) in [6.45, 7) is 3.95. The van der Waals surface area contributed by atoms with Gasteiger partial charge in [-0.2, -0.15) is 41.8 Å². The van der Waals surface area contributed by atoms with Crippen molar-refractivity contribution in [3.63, 3.8) is 0 Å². The number of hydrogen-bond donors (Lipinski definition) is 0. The lowest BCUT2D eigenvalue weighted by Gasteiger charge is -2.19. The molecular weight excluding hydrogens is 523 g/mol. The van der Waals surface area contributed by atoms with Gasteiger partial charge in [0.1, 0.15) is 11.0 Å². The van der Waals surface area contributed by atoms with E-state index in [1.807, 2.05) is 0 Å². The average Bonchev–Trinajstić information content (AvgIpc) is 3.64. The van der Waals surface area contributed by atoms with Crippen LogP contribution in [0.1, 0.15) is 29.3 Å². The topological polar surface area (TPSA) is 100 Å². The molecule has 0 unspecified atom stereocenters. The van der Waals surface area contributed by atoms with Crippen molar-refractivity contribution in [3.05, 3.63) is 54.0 Å². The second-order valence-electron chi connectivity index (χ2n) is 8.63. The van der Waals surface area contributed by atoms with E-state index in [1.54, 1.807) is 17.8 Å². The summed E-state index contributed by atoms with van der Waals surface area (Å²) in [5.74, 6) is 0.251. The quantitative estimate of drug-likeness (QED) is 0.321. The average molecular weight is 550 g/mol. The van der Waals surface area contributed by atoms with Gasteiger partial charge in [0.15, 0.2) is 0 Å². The number of methoxy groups -OCH3 is 1. The Bertz CT molecular complexity index is 1420. The van der Waals surface area contributed by atoms with E-state index < -0.39 is 17.7 Å². The molecule has 5 rings (SSSR count). The molecule has 0 saturated carbocycles. The molecular formula is C24H26F3N7O3S. The normalized spacial score (nSPS) is 15.5. The molecule has 38 heavy (non-hydrogen) atoms. The molecule has 1 aliphatic heterocycles. The van der Waals surface area contributed by atoms with E-state index >= 15 is 0 Å². The lowest BCUT2D eigenvalue weighted by Crippen LogP contribution is -2.21. The Kier molecular flexibility index (Phi) is 7.81. The molecule has 1 saturated heterocycles. The first-order valence-corrected chi connectivity index (χ1v) is 11.7. The lowest BCUT2D eigenvalue weighted by molar-refractivity contribution is -0.137. The minimum atomic E-state index is -4.35. The van der Waals surface area contributed by atoms with Gasteiger partial charge in [-0.1, -0.05) is 0 Å². The summed E-state index contributed by atoms with van der Waals surface area (Å²) in [5.41, 5.74) is 1.55. The Morgan fingerprint density at radius 1 is 1.13 bits per heavy atom. The van der Waals surface area contributed by atoms with Crippen molar-refractivity contribution >= 4 is 36.2 Å². The largest absolute Gasteiger partial charge is 0.479 e. The summed E-state index contributed by atoms with van der Waals surface area (Å²) in [6.07, 6.45) is 0.977. The number of carbonyl (C=O) groups is 1.